The van der Waals surface area contributed by atoms with E-state index in [1.54, 1.807) is 0 Å². The first-order valence-electron chi connectivity index (χ1n) is 3.40. The third-order valence-corrected chi connectivity index (χ3v) is 1.49. The minimum absolute atomic E-state index is 0.0813. The topological polar surface area (TPSA) is 124 Å². The van der Waals surface area contributed by atoms with Crippen LogP contribution in [0.15, 0.2) is 0 Å². The number of aliphatic hydroxyl groups is 4. The Morgan fingerprint density at radius 1 is 1.25 bits per heavy atom. The third kappa shape index (κ3) is 2.84. The van der Waals surface area contributed by atoms with E-state index in [1.807, 2.05) is 0 Å². The molecule has 0 spiro atoms. The monoisotopic (exact) mass is 179 g/mol. The molecule has 0 rings (SSSR count). The summed E-state index contributed by atoms with van der Waals surface area (Å²) in [4.78, 5) is 9.94. The second-order valence-corrected chi connectivity index (χ2v) is 2.45. The molecule has 0 amide bonds. The average molecular weight is 179 g/mol. The number of rotatable bonds is 5. The fraction of sp³-hybridized carbons (Fsp3) is 0.833. The van der Waals surface area contributed by atoms with Crippen LogP contribution in [0.5, 0.6) is 0 Å². The van der Waals surface area contributed by atoms with Gasteiger partial charge in [0.2, 0.25) is 0 Å². The smallest absolute Gasteiger partial charge is 0.151 e. The minimum Gasteiger partial charge on any atom is -0.395 e. The van der Waals surface area contributed by atoms with Crippen molar-refractivity contribution in [2.75, 3.05) is 6.61 Å². The van der Waals surface area contributed by atoms with E-state index in [4.69, 9.17) is 26.2 Å². The van der Waals surface area contributed by atoms with Gasteiger partial charge in [-0.15, -0.1) is 0 Å². The molecule has 0 heterocycles. The van der Waals surface area contributed by atoms with Gasteiger partial charge < -0.3 is 31.0 Å². The largest absolute Gasteiger partial charge is 0.395 e. The Morgan fingerprint density at radius 3 is 2.08 bits per heavy atom. The molecule has 0 aliphatic heterocycles. The van der Waals surface area contributed by atoms with Gasteiger partial charge in [-0.2, -0.15) is 0 Å². The van der Waals surface area contributed by atoms with E-state index in [9.17, 15) is 4.79 Å². The Balaban J connectivity index is 4.07. The molecule has 0 saturated carbocycles. The first-order valence-corrected chi connectivity index (χ1v) is 3.40. The molecule has 6 nitrogen and oxygen atoms in total. The molecule has 4 atom stereocenters. The number of carbonyl (C=O) groups is 1. The summed E-state index contributed by atoms with van der Waals surface area (Å²) in [5, 5.41) is 35.2. The van der Waals surface area contributed by atoms with Gasteiger partial charge in [0.15, 0.2) is 6.29 Å². The normalized spacial score (nSPS) is 21.1. The van der Waals surface area contributed by atoms with Gasteiger partial charge in [0.05, 0.1) is 12.6 Å². The van der Waals surface area contributed by atoms with Crippen LogP contribution in [0, 0.1) is 0 Å². The standard InChI is InChI=1S/C6H13NO5/c7-3(1-8)5(11)6(12)4(10)2-9/h2-6,8,10-12H,1,7H2/t3-,4-,5+,6+/m0/s1. The van der Waals surface area contributed by atoms with Gasteiger partial charge in [0.1, 0.15) is 18.3 Å². The molecule has 0 aromatic rings. The van der Waals surface area contributed by atoms with E-state index < -0.39 is 31.0 Å². The van der Waals surface area contributed by atoms with Crippen LogP contribution in [0.25, 0.3) is 0 Å². The van der Waals surface area contributed by atoms with Crippen LogP contribution in [-0.4, -0.2) is 57.7 Å². The first-order chi connectivity index (χ1) is 5.54. The van der Waals surface area contributed by atoms with Gasteiger partial charge in [-0.25, -0.2) is 0 Å². The lowest BCUT2D eigenvalue weighted by Crippen LogP contribution is -2.50. The highest BCUT2D eigenvalue weighted by molar-refractivity contribution is 5.56. The van der Waals surface area contributed by atoms with Gasteiger partial charge in [-0.1, -0.05) is 0 Å². The Bertz CT molecular complexity index is 142. The molecule has 0 aromatic heterocycles. The summed E-state index contributed by atoms with van der Waals surface area (Å²) in [5.41, 5.74) is 5.12. The van der Waals surface area contributed by atoms with Crippen LogP contribution in [0.3, 0.4) is 0 Å². The van der Waals surface area contributed by atoms with E-state index in [0.717, 1.165) is 0 Å². The SMILES string of the molecule is N[C@@H](CO)[C@@H](O)[C@H](O)[C@@H](O)C=O. The second kappa shape index (κ2) is 5.18. The van der Waals surface area contributed by atoms with Crippen molar-refractivity contribution in [3.63, 3.8) is 0 Å². The lowest BCUT2D eigenvalue weighted by Gasteiger charge is -2.23. The lowest BCUT2D eigenvalue weighted by molar-refractivity contribution is -0.127. The molecule has 72 valence electrons. The van der Waals surface area contributed by atoms with Crippen molar-refractivity contribution in [2.24, 2.45) is 5.73 Å². The molecular formula is C6H13NO5. The lowest BCUT2D eigenvalue weighted by atomic mass is 10.0. The van der Waals surface area contributed by atoms with Crippen molar-refractivity contribution in [3.05, 3.63) is 0 Å². The quantitative estimate of drug-likeness (QED) is 0.280. The predicted octanol–water partition coefficient (Wildman–Crippen LogP) is -3.41. The summed E-state index contributed by atoms with van der Waals surface area (Å²) in [6.45, 7) is -0.538. The van der Waals surface area contributed by atoms with Crippen molar-refractivity contribution in [1.29, 1.82) is 0 Å². The number of hydrogen-bond donors (Lipinski definition) is 5. The Labute approximate surface area is 69.2 Å². The second-order valence-electron chi connectivity index (χ2n) is 2.45. The predicted molar refractivity (Wildman–Crippen MR) is 39.1 cm³/mol. The summed E-state index contributed by atoms with van der Waals surface area (Å²) in [6, 6.07) is -1.07. The molecule has 0 fully saturated rings. The molecule has 0 aromatic carbocycles. The molecule has 0 radical (unpaired) electrons. The zero-order valence-electron chi connectivity index (χ0n) is 6.37. The van der Waals surface area contributed by atoms with Crippen LogP contribution >= 0.6 is 0 Å². The molecule has 6 heteroatoms. The maximum atomic E-state index is 9.94. The maximum Gasteiger partial charge on any atom is 0.151 e. The number of nitrogens with two attached hydrogens (primary N) is 1. The highest BCUT2D eigenvalue weighted by atomic mass is 16.4. The number of hydrogen-bond acceptors (Lipinski definition) is 6. The van der Waals surface area contributed by atoms with Crippen LogP contribution in [0.4, 0.5) is 0 Å². The van der Waals surface area contributed by atoms with Crippen molar-refractivity contribution in [1.82, 2.24) is 0 Å². The summed E-state index contributed by atoms with van der Waals surface area (Å²) in [7, 11) is 0. The summed E-state index contributed by atoms with van der Waals surface area (Å²) in [5.74, 6) is 0. The summed E-state index contributed by atoms with van der Waals surface area (Å²) in [6.07, 6.45) is -4.78. The van der Waals surface area contributed by atoms with Crippen molar-refractivity contribution < 1.29 is 25.2 Å². The van der Waals surface area contributed by atoms with Crippen LogP contribution in [-0.2, 0) is 4.79 Å². The number of aliphatic hydroxyl groups excluding tert-OH is 4. The summed E-state index contributed by atoms with van der Waals surface area (Å²) < 4.78 is 0. The van der Waals surface area contributed by atoms with Crippen molar-refractivity contribution in [3.8, 4) is 0 Å². The van der Waals surface area contributed by atoms with E-state index >= 15 is 0 Å². The Morgan fingerprint density at radius 2 is 1.75 bits per heavy atom. The van der Waals surface area contributed by atoms with Crippen molar-refractivity contribution >= 4 is 6.29 Å². The number of carbonyl (C=O) groups excluding carboxylic acids is 1. The Kier molecular flexibility index (Phi) is 4.95. The fourth-order valence-electron chi connectivity index (χ4n) is 0.644. The van der Waals surface area contributed by atoms with Gasteiger partial charge >= 0.3 is 0 Å². The Hall–Kier alpha value is -0.530. The van der Waals surface area contributed by atoms with Crippen LogP contribution < -0.4 is 5.73 Å². The maximum absolute atomic E-state index is 9.94. The van der Waals surface area contributed by atoms with Crippen LogP contribution in [0.1, 0.15) is 0 Å². The molecule has 6 N–H and O–H groups in total. The molecule has 0 saturated heterocycles. The molecular weight excluding hydrogens is 166 g/mol. The highest BCUT2D eigenvalue weighted by Gasteiger charge is 2.28. The first kappa shape index (κ1) is 11.5. The minimum atomic E-state index is -1.68. The van der Waals surface area contributed by atoms with Gasteiger partial charge in [-0.05, 0) is 0 Å². The molecule has 12 heavy (non-hydrogen) atoms. The zero-order chi connectivity index (χ0) is 9.72. The molecule has 0 unspecified atom stereocenters. The van der Waals surface area contributed by atoms with Gasteiger partial charge in [0, 0.05) is 0 Å². The zero-order valence-corrected chi connectivity index (χ0v) is 6.37. The van der Waals surface area contributed by atoms with E-state index in [1.165, 1.54) is 0 Å². The molecule has 0 bridgehead atoms. The van der Waals surface area contributed by atoms with Gasteiger partial charge in [-0.3, -0.25) is 0 Å². The van der Waals surface area contributed by atoms with Crippen LogP contribution in [0.2, 0.25) is 0 Å². The van der Waals surface area contributed by atoms with Crippen molar-refractivity contribution in [2.45, 2.75) is 24.4 Å². The highest BCUT2D eigenvalue weighted by Crippen LogP contribution is 2.01. The number of aldehydes is 1. The molecule has 0 aliphatic carbocycles. The summed E-state index contributed by atoms with van der Waals surface area (Å²) >= 11 is 0. The van der Waals surface area contributed by atoms with Gasteiger partial charge in [0.25, 0.3) is 0 Å². The molecule has 0 aliphatic rings. The van der Waals surface area contributed by atoms with E-state index in [-0.39, 0.29) is 6.29 Å². The van der Waals surface area contributed by atoms with E-state index in [0.29, 0.717) is 0 Å². The third-order valence-electron chi connectivity index (χ3n) is 1.49. The van der Waals surface area contributed by atoms with E-state index in [2.05, 4.69) is 0 Å². The average Bonchev–Trinajstić information content (AvgIpc) is 2.12. The fourth-order valence-corrected chi connectivity index (χ4v) is 0.644.